The van der Waals surface area contributed by atoms with Gasteiger partial charge in [-0.05, 0) is 25.1 Å². The van der Waals surface area contributed by atoms with Crippen molar-refractivity contribution in [2.75, 3.05) is 12.4 Å². The summed E-state index contributed by atoms with van der Waals surface area (Å²) in [5.74, 6) is 2.24. The van der Waals surface area contributed by atoms with Crippen LogP contribution >= 0.6 is 0 Å². The average Bonchev–Trinajstić information content (AvgIpc) is 2.33. The van der Waals surface area contributed by atoms with Gasteiger partial charge in [0.1, 0.15) is 11.6 Å². The molecule has 0 bridgehead atoms. The first-order chi connectivity index (χ1) is 7.79. The third kappa shape index (κ3) is 2.31. The number of aromatic nitrogens is 1. The zero-order chi connectivity index (χ0) is 11.4. The SMILES string of the molecule is CNc1ccc(C)c(Oc2ccccc2)n1. The number of nitrogens with one attached hydrogen (secondary N) is 1. The zero-order valence-corrected chi connectivity index (χ0v) is 9.40. The number of hydrogen-bond acceptors (Lipinski definition) is 3. The van der Waals surface area contributed by atoms with Crippen LogP contribution in [0.15, 0.2) is 42.5 Å². The smallest absolute Gasteiger partial charge is 0.224 e. The summed E-state index contributed by atoms with van der Waals surface area (Å²) in [6, 6.07) is 13.6. The second-order valence-corrected chi connectivity index (χ2v) is 3.48. The summed E-state index contributed by atoms with van der Waals surface area (Å²) in [6.07, 6.45) is 0. The predicted octanol–water partition coefficient (Wildman–Crippen LogP) is 3.22. The number of benzene rings is 1. The van der Waals surface area contributed by atoms with Gasteiger partial charge in [-0.3, -0.25) is 0 Å². The molecule has 0 fully saturated rings. The first-order valence-electron chi connectivity index (χ1n) is 5.18. The van der Waals surface area contributed by atoms with Gasteiger partial charge in [0.05, 0.1) is 0 Å². The van der Waals surface area contributed by atoms with Gasteiger partial charge in [0.2, 0.25) is 5.88 Å². The minimum atomic E-state index is 0.637. The van der Waals surface area contributed by atoms with E-state index in [2.05, 4.69) is 10.3 Å². The molecule has 2 aromatic rings. The van der Waals surface area contributed by atoms with E-state index in [0.29, 0.717) is 5.88 Å². The molecule has 1 aromatic carbocycles. The number of ether oxygens (including phenoxy) is 1. The molecule has 82 valence electrons. The minimum Gasteiger partial charge on any atom is -0.439 e. The van der Waals surface area contributed by atoms with Gasteiger partial charge in [-0.1, -0.05) is 24.3 Å². The molecule has 0 aliphatic carbocycles. The van der Waals surface area contributed by atoms with Crippen LogP contribution in [-0.4, -0.2) is 12.0 Å². The average molecular weight is 214 g/mol. The van der Waals surface area contributed by atoms with E-state index in [1.807, 2.05) is 56.4 Å². The Morgan fingerprint density at radius 2 is 1.81 bits per heavy atom. The van der Waals surface area contributed by atoms with Crippen molar-refractivity contribution in [2.24, 2.45) is 0 Å². The van der Waals surface area contributed by atoms with Gasteiger partial charge >= 0.3 is 0 Å². The lowest BCUT2D eigenvalue weighted by Crippen LogP contribution is -1.96. The van der Waals surface area contributed by atoms with Crippen molar-refractivity contribution in [3.63, 3.8) is 0 Å². The first kappa shape index (κ1) is 10.5. The molecule has 0 saturated heterocycles. The largest absolute Gasteiger partial charge is 0.439 e. The molecule has 0 radical (unpaired) electrons. The molecular weight excluding hydrogens is 200 g/mol. The maximum Gasteiger partial charge on any atom is 0.224 e. The van der Waals surface area contributed by atoms with E-state index in [1.54, 1.807) is 0 Å². The Bertz CT molecular complexity index is 469. The molecule has 1 heterocycles. The second kappa shape index (κ2) is 4.66. The summed E-state index contributed by atoms with van der Waals surface area (Å²) in [5, 5.41) is 2.99. The van der Waals surface area contributed by atoms with Crippen molar-refractivity contribution in [1.29, 1.82) is 0 Å². The molecule has 0 atom stereocenters. The van der Waals surface area contributed by atoms with Crippen LogP contribution in [0, 0.1) is 6.92 Å². The van der Waals surface area contributed by atoms with Crippen LogP contribution in [0.1, 0.15) is 5.56 Å². The first-order valence-corrected chi connectivity index (χ1v) is 5.18. The Morgan fingerprint density at radius 1 is 1.06 bits per heavy atom. The summed E-state index contributed by atoms with van der Waals surface area (Å²) in [4.78, 5) is 4.35. The van der Waals surface area contributed by atoms with E-state index in [0.717, 1.165) is 17.1 Å². The van der Waals surface area contributed by atoms with E-state index < -0.39 is 0 Å². The second-order valence-electron chi connectivity index (χ2n) is 3.48. The third-order valence-corrected chi connectivity index (χ3v) is 2.26. The molecule has 3 nitrogen and oxygen atoms in total. The highest BCUT2D eigenvalue weighted by molar-refractivity contribution is 5.41. The van der Waals surface area contributed by atoms with E-state index in [-0.39, 0.29) is 0 Å². The maximum atomic E-state index is 5.70. The topological polar surface area (TPSA) is 34.1 Å². The van der Waals surface area contributed by atoms with Crippen LogP contribution in [0.3, 0.4) is 0 Å². The molecule has 1 aromatic heterocycles. The molecule has 1 N–H and O–H groups in total. The van der Waals surface area contributed by atoms with Crippen molar-refractivity contribution in [3.05, 3.63) is 48.0 Å². The van der Waals surface area contributed by atoms with Gasteiger partial charge in [-0.25, -0.2) is 0 Å². The van der Waals surface area contributed by atoms with Gasteiger partial charge in [0.15, 0.2) is 0 Å². The molecule has 3 heteroatoms. The molecular formula is C13H14N2O. The quantitative estimate of drug-likeness (QED) is 0.851. The predicted molar refractivity (Wildman–Crippen MR) is 65.0 cm³/mol. The highest BCUT2D eigenvalue weighted by Crippen LogP contribution is 2.23. The Balaban J connectivity index is 2.27. The number of para-hydroxylation sites is 1. The van der Waals surface area contributed by atoms with Crippen molar-refractivity contribution in [2.45, 2.75) is 6.92 Å². The van der Waals surface area contributed by atoms with Crippen LogP contribution in [0.5, 0.6) is 11.6 Å². The Morgan fingerprint density at radius 3 is 2.50 bits per heavy atom. The molecule has 0 spiro atoms. The number of nitrogens with zero attached hydrogens (tertiary/aromatic N) is 1. The van der Waals surface area contributed by atoms with E-state index in [1.165, 1.54) is 0 Å². The van der Waals surface area contributed by atoms with Crippen LogP contribution in [0.4, 0.5) is 5.82 Å². The number of aryl methyl sites for hydroxylation is 1. The molecule has 0 amide bonds. The Labute approximate surface area is 95.1 Å². The minimum absolute atomic E-state index is 0.637. The van der Waals surface area contributed by atoms with E-state index >= 15 is 0 Å². The van der Waals surface area contributed by atoms with Gasteiger partial charge < -0.3 is 10.1 Å². The van der Waals surface area contributed by atoms with Crippen LogP contribution < -0.4 is 10.1 Å². The normalized spacial score (nSPS) is 9.88. The summed E-state index contributed by atoms with van der Waals surface area (Å²) < 4.78 is 5.70. The Hall–Kier alpha value is -2.03. The zero-order valence-electron chi connectivity index (χ0n) is 9.40. The number of hydrogen-bond donors (Lipinski definition) is 1. The van der Waals surface area contributed by atoms with Crippen molar-refractivity contribution >= 4 is 5.82 Å². The van der Waals surface area contributed by atoms with Gasteiger partial charge in [0, 0.05) is 12.6 Å². The van der Waals surface area contributed by atoms with E-state index in [4.69, 9.17) is 4.74 Å². The lowest BCUT2D eigenvalue weighted by atomic mass is 10.3. The van der Waals surface area contributed by atoms with Crippen molar-refractivity contribution in [3.8, 4) is 11.6 Å². The molecule has 16 heavy (non-hydrogen) atoms. The fourth-order valence-corrected chi connectivity index (χ4v) is 1.35. The Kier molecular flexibility index (Phi) is 3.05. The highest BCUT2D eigenvalue weighted by Gasteiger charge is 2.03. The number of pyridine rings is 1. The highest BCUT2D eigenvalue weighted by atomic mass is 16.5. The maximum absolute atomic E-state index is 5.70. The summed E-state index contributed by atoms with van der Waals surface area (Å²) in [7, 11) is 1.84. The summed E-state index contributed by atoms with van der Waals surface area (Å²) >= 11 is 0. The fraction of sp³-hybridized carbons (Fsp3) is 0.154. The van der Waals surface area contributed by atoms with Crippen LogP contribution in [-0.2, 0) is 0 Å². The summed E-state index contributed by atoms with van der Waals surface area (Å²) in [5.41, 5.74) is 1.02. The third-order valence-electron chi connectivity index (χ3n) is 2.26. The standard InChI is InChI=1S/C13H14N2O/c1-10-8-9-12(14-2)15-13(10)16-11-6-4-3-5-7-11/h3-9H,1-2H3,(H,14,15). The molecule has 0 saturated carbocycles. The van der Waals surface area contributed by atoms with Crippen molar-refractivity contribution < 1.29 is 4.74 Å². The van der Waals surface area contributed by atoms with Gasteiger partial charge in [0.25, 0.3) is 0 Å². The molecule has 0 unspecified atom stereocenters. The molecule has 0 aliphatic heterocycles. The lowest BCUT2D eigenvalue weighted by molar-refractivity contribution is 0.460. The van der Waals surface area contributed by atoms with E-state index in [9.17, 15) is 0 Å². The lowest BCUT2D eigenvalue weighted by Gasteiger charge is -2.08. The molecule has 2 rings (SSSR count). The van der Waals surface area contributed by atoms with Crippen LogP contribution in [0.25, 0.3) is 0 Å². The van der Waals surface area contributed by atoms with Crippen LogP contribution in [0.2, 0.25) is 0 Å². The number of rotatable bonds is 3. The van der Waals surface area contributed by atoms with Crippen molar-refractivity contribution in [1.82, 2.24) is 4.98 Å². The number of anilines is 1. The monoisotopic (exact) mass is 214 g/mol. The molecule has 0 aliphatic rings. The summed E-state index contributed by atoms with van der Waals surface area (Å²) in [6.45, 7) is 1.98. The van der Waals surface area contributed by atoms with Gasteiger partial charge in [-0.15, -0.1) is 0 Å². The van der Waals surface area contributed by atoms with Gasteiger partial charge in [-0.2, -0.15) is 4.98 Å². The fourth-order valence-electron chi connectivity index (χ4n) is 1.35.